The van der Waals surface area contributed by atoms with Gasteiger partial charge in [-0.25, -0.2) is 4.98 Å². The Hall–Kier alpha value is -2.83. The highest BCUT2D eigenvalue weighted by Crippen LogP contribution is 2.20. The molecule has 0 atom stereocenters. The van der Waals surface area contributed by atoms with Crippen LogP contribution in [-0.2, 0) is 13.2 Å². The summed E-state index contributed by atoms with van der Waals surface area (Å²) in [7, 11) is 1.59. The lowest BCUT2D eigenvalue weighted by Crippen LogP contribution is -2.30. The number of carbonyl (C=O) groups excluding carboxylic acids is 1. The molecule has 1 aromatic heterocycles. The number of ether oxygens (including phenoxy) is 2. The first-order valence-corrected chi connectivity index (χ1v) is 10.2. The number of aromatic nitrogens is 1. The van der Waals surface area contributed by atoms with Gasteiger partial charge in [0.25, 0.3) is 5.91 Å². The zero-order valence-electron chi connectivity index (χ0n) is 16.0. The first-order valence-electron chi connectivity index (χ1n) is 8.95. The maximum absolute atomic E-state index is 12.9. The third kappa shape index (κ3) is 5.82. The fourth-order valence-electron chi connectivity index (χ4n) is 2.65. The van der Waals surface area contributed by atoms with E-state index in [2.05, 4.69) is 11.6 Å². The van der Waals surface area contributed by atoms with Crippen molar-refractivity contribution in [3.8, 4) is 11.5 Å². The van der Waals surface area contributed by atoms with Crippen LogP contribution in [0.3, 0.4) is 0 Å². The molecule has 5 nitrogen and oxygen atoms in total. The Labute approximate surface area is 179 Å². The van der Waals surface area contributed by atoms with Crippen LogP contribution in [0.4, 0.5) is 0 Å². The van der Waals surface area contributed by atoms with Gasteiger partial charge in [-0.05, 0) is 48.5 Å². The quantitative estimate of drug-likeness (QED) is 0.439. The standard InChI is InChI=1S/C22H21ClN2O3S/c1-3-12-25(22(26)16-4-8-19(27-2)9-5-16)13-18-15-29-21(24-18)14-28-20-10-6-17(23)7-11-20/h3-11,15H,1,12-14H2,2H3. The van der Waals surface area contributed by atoms with E-state index in [1.165, 1.54) is 11.3 Å². The number of hydrogen-bond acceptors (Lipinski definition) is 5. The van der Waals surface area contributed by atoms with Crippen molar-refractivity contribution >= 4 is 28.8 Å². The van der Waals surface area contributed by atoms with E-state index in [-0.39, 0.29) is 5.91 Å². The highest BCUT2D eigenvalue weighted by atomic mass is 35.5. The van der Waals surface area contributed by atoms with Gasteiger partial charge in [-0.1, -0.05) is 17.7 Å². The molecule has 0 radical (unpaired) electrons. The largest absolute Gasteiger partial charge is 0.497 e. The van der Waals surface area contributed by atoms with Crippen molar-refractivity contribution in [2.45, 2.75) is 13.2 Å². The number of carbonyl (C=O) groups is 1. The minimum Gasteiger partial charge on any atom is -0.497 e. The summed E-state index contributed by atoms with van der Waals surface area (Å²) in [5.41, 5.74) is 1.41. The first kappa shape index (κ1) is 20.9. The van der Waals surface area contributed by atoms with Crippen LogP contribution in [0, 0.1) is 0 Å². The molecule has 0 unspecified atom stereocenters. The smallest absolute Gasteiger partial charge is 0.254 e. The van der Waals surface area contributed by atoms with E-state index in [4.69, 9.17) is 21.1 Å². The summed E-state index contributed by atoms with van der Waals surface area (Å²) in [6.07, 6.45) is 1.71. The number of amides is 1. The van der Waals surface area contributed by atoms with E-state index in [0.29, 0.717) is 36.0 Å². The van der Waals surface area contributed by atoms with Gasteiger partial charge in [0, 0.05) is 22.5 Å². The van der Waals surface area contributed by atoms with Crippen LogP contribution in [0.1, 0.15) is 21.1 Å². The summed E-state index contributed by atoms with van der Waals surface area (Å²) in [5.74, 6) is 1.36. The van der Waals surface area contributed by atoms with Gasteiger partial charge >= 0.3 is 0 Å². The molecule has 1 amide bonds. The maximum Gasteiger partial charge on any atom is 0.254 e. The highest BCUT2D eigenvalue weighted by molar-refractivity contribution is 7.09. The molecule has 29 heavy (non-hydrogen) atoms. The van der Waals surface area contributed by atoms with Crippen LogP contribution in [0.25, 0.3) is 0 Å². The van der Waals surface area contributed by atoms with Crippen molar-refractivity contribution in [3.05, 3.63) is 87.9 Å². The van der Waals surface area contributed by atoms with Gasteiger partial charge in [-0.3, -0.25) is 4.79 Å². The van der Waals surface area contributed by atoms with Gasteiger partial charge < -0.3 is 14.4 Å². The first-order chi connectivity index (χ1) is 14.1. The second-order valence-electron chi connectivity index (χ2n) is 6.18. The molecule has 0 aliphatic carbocycles. The lowest BCUT2D eigenvalue weighted by Gasteiger charge is -2.20. The number of rotatable bonds is 9. The maximum atomic E-state index is 12.9. The summed E-state index contributed by atoms with van der Waals surface area (Å²) in [5, 5.41) is 3.45. The van der Waals surface area contributed by atoms with E-state index in [0.717, 1.165) is 16.5 Å². The fourth-order valence-corrected chi connectivity index (χ4v) is 3.47. The molecule has 0 aliphatic heterocycles. The van der Waals surface area contributed by atoms with Crippen molar-refractivity contribution in [1.29, 1.82) is 0 Å². The molecule has 0 aliphatic rings. The normalized spacial score (nSPS) is 10.4. The predicted molar refractivity (Wildman–Crippen MR) is 116 cm³/mol. The van der Waals surface area contributed by atoms with E-state index in [9.17, 15) is 4.79 Å². The number of hydrogen-bond donors (Lipinski definition) is 0. The van der Waals surface area contributed by atoms with Crippen LogP contribution in [0.5, 0.6) is 11.5 Å². The van der Waals surface area contributed by atoms with E-state index >= 15 is 0 Å². The van der Waals surface area contributed by atoms with Crippen LogP contribution < -0.4 is 9.47 Å². The predicted octanol–water partition coefficient (Wildman–Crippen LogP) is 5.21. The highest BCUT2D eigenvalue weighted by Gasteiger charge is 2.17. The number of halogens is 1. The molecular formula is C22H21ClN2O3S. The third-order valence-corrected chi connectivity index (χ3v) is 5.22. The summed E-state index contributed by atoms with van der Waals surface area (Å²) < 4.78 is 10.9. The number of methoxy groups -OCH3 is 1. The van der Waals surface area contributed by atoms with Crippen LogP contribution in [-0.4, -0.2) is 29.4 Å². The molecule has 0 N–H and O–H groups in total. The Morgan fingerprint density at radius 2 is 1.86 bits per heavy atom. The van der Waals surface area contributed by atoms with Crippen LogP contribution in [0.15, 0.2) is 66.6 Å². The van der Waals surface area contributed by atoms with Crippen molar-refractivity contribution in [1.82, 2.24) is 9.88 Å². The molecule has 3 aromatic rings. The topological polar surface area (TPSA) is 51.7 Å². The third-order valence-electron chi connectivity index (χ3n) is 4.10. The van der Waals surface area contributed by atoms with E-state index in [1.807, 2.05) is 17.5 Å². The SMILES string of the molecule is C=CCN(Cc1csc(COc2ccc(Cl)cc2)n1)C(=O)c1ccc(OC)cc1. The molecule has 0 bridgehead atoms. The average molecular weight is 429 g/mol. The number of nitrogens with zero attached hydrogens (tertiary/aromatic N) is 2. The molecule has 3 rings (SSSR count). The lowest BCUT2D eigenvalue weighted by atomic mass is 10.2. The molecule has 0 saturated heterocycles. The summed E-state index contributed by atoms with van der Waals surface area (Å²) in [6, 6.07) is 14.2. The van der Waals surface area contributed by atoms with Crippen molar-refractivity contribution in [2.24, 2.45) is 0 Å². The fraction of sp³-hybridized carbons (Fsp3) is 0.182. The molecule has 0 spiro atoms. The Kier molecular flexibility index (Phi) is 7.27. The zero-order valence-corrected chi connectivity index (χ0v) is 17.6. The van der Waals surface area contributed by atoms with E-state index < -0.39 is 0 Å². The van der Waals surface area contributed by atoms with Gasteiger partial charge in [0.1, 0.15) is 23.1 Å². The molecule has 2 aromatic carbocycles. The summed E-state index contributed by atoms with van der Waals surface area (Å²) in [6.45, 7) is 4.95. The van der Waals surface area contributed by atoms with Gasteiger partial charge in [0.15, 0.2) is 0 Å². The van der Waals surface area contributed by atoms with Crippen LogP contribution in [0.2, 0.25) is 5.02 Å². The molecular weight excluding hydrogens is 408 g/mol. The second-order valence-corrected chi connectivity index (χ2v) is 7.56. The van der Waals surface area contributed by atoms with Crippen molar-refractivity contribution in [2.75, 3.05) is 13.7 Å². The second kappa shape index (κ2) is 10.1. The van der Waals surface area contributed by atoms with E-state index in [1.54, 1.807) is 54.5 Å². The van der Waals surface area contributed by atoms with Gasteiger partial charge in [-0.2, -0.15) is 0 Å². The molecule has 0 fully saturated rings. The Balaban J connectivity index is 1.63. The summed E-state index contributed by atoms with van der Waals surface area (Å²) >= 11 is 7.38. The molecule has 1 heterocycles. The molecule has 0 saturated carbocycles. The minimum atomic E-state index is -0.0838. The Morgan fingerprint density at radius 1 is 1.17 bits per heavy atom. The number of thiazole rings is 1. The van der Waals surface area contributed by atoms with Crippen molar-refractivity contribution < 1.29 is 14.3 Å². The molecule has 150 valence electrons. The number of benzene rings is 2. The van der Waals surface area contributed by atoms with Crippen LogP contribution >= 0.6 is 22.9 Å². The summed E-state index contributed by atoms with van der Waals surface area (Å²) in [4.78, 5) is 19.2. The van der Waals surface area contributed by atoms with Gasteiger partial charge in [0.05, 0.1) is 19.3 Å². The Bertz CT molecular complexity index is 955. The zero-order chi connectivity index (χ0) is 20.6. The van der Waals surface area contributed by atoms with Gasteiger partial charge in [-0.15, -0.1) is 17.9 Å². The monoisotopic (exact) mass is 428 g/mol. The molecule has 7 heteroatoms. The minimum absolute atomic E-state index is 0.0838. The van der Waals surface area contributed by atoms with Gasteiger partial charge in [0.2, 0.25) is 0 Å². The lowest BCUT2D eigenvalue weighted by molar-refractivity contribution is 0.0761. The average Bonchev–Trinajstić information content (AvgIpc) is 3.20. The van der Waals surface area contributed by atoms with Crippen molar-refractivity contribution in [3.63, 3.8) is 0 Å². The Morgan fingerprint density at radius 3 is 2.52 bits per heavy atom.